The number of rotatable bonds is 6. The molecule has 146 valence electrons. The average molecular weight is 385 g/mol. The lowest BCUT2D eigenvalue weighted by atomic mass is 10.0. The number of aromatic nitrogens is 1. The van der Waals surface area contributed by atoms with Crippen molar-refractivity contribution in [3.05, 3.63) is 17.0 Å². The lowest BCUT2D eigenvalue weighted by Crippen LogP contribution is -2.44. The molecule has 1 aliphatic rings. The maximum atomic E-state index is 12.7. The zero-order valence-electron chi connectivity index (χ0n) is 15.7. The third-order valence-electron chi connectivity index (χ3n) is 4.49. The first kappa shape index (κ1) is 20.4. The maximum Gasteiger partial charge on any atom is 0.341 e. The van der Waals surface area contributed by atoms with Gasteiger partial charge in [-0.2, -0.15) is 0 Å². The van der Waals surface area contributed by atoms with E-state index in [2.05, 4.69) is 16.6 Å². The predicted octanol–water partition coefficient (Wildman–Crippen LogP) is 1.35. The summed E-state index contributed by atoms with van der Waals surface area (Å²) in [7, 11) is -4.04. The van der Waals surface area contributed by atoms with E-state index in [1.165, 1.54) is 0 Å². The number of H-pyrrole nitrogens is 1. The smallest absolute Gasteiger partial charge is 0.341 e. The van der Waals surface area contributed by atoms with Crippen LogP contribution in [0.5, 0.6) is 0 Å². The highest BCUT2D eigenvalue weighted by atomic mass is 32.2. The van der Waals surface area contributed by atoms with Gasteiger partial charge >= 0.3 is 5.97 Å². The minimum atomic E-state index is -4.04. The fourth-order valence-corrected chi connectivity index (χ4v) is 4.72. The van der Waals surface area contributed by atoms with Gasteiger partial charge in [0.15, 0.2) is 0 Å². The second kappa shape index (κ2) is 8.22. The molecule has 2 N–H and O–H groups in total. The fourth-order valence-electron chi connectivity index (χ4n) is 3.30. The summed E-state index contributed by atoms with van der Waals surface area (Å²) >= 11 is 0. The summed E-state index contributed by atoms with van der Waals surface area (Å²) in [5.41, 5.74) is 0.727. The Hall–Kier alpha value is -1.87. The Morgan fingerprint density at radius 2 is 2.00 bits per heavy atom. The van der Waals surface area contributed by atoms with E-state index in [1.807, 2.05) is 0 Å². The molecule has 0 spiro atoms. The third kappa shape index (κ3) is 4.45. The molecule has 8 nitrogen and oxygen atoms in total. The van der Waals surface area contributed by atoms with Crippen molar-refractivity contribution in [1.29, 1.82) is 0 Å². The molecular weight excluding hydrogens is 358 g/mol. The molecule has 26 heavy (non-hydrogen) atoms. The van der Waals surface area contributed by atoms with E-state index in [9.17, 15) is 18.0 Å². The molecule has 1 aromatic rings. The third-order valence-corrected chi connectivity index (χ3v) is 6.06. The summed E-state index contributed by atoms with van der Waals surface area (Å²) in [5.74, 6) is -0.553. The maximum absolute atomic E-state index is 12.7. The van der Waals surface area contributed by atoms with Gasteiger partial charge < -0.3 is 14.6 Å². The molecule has 0 aromatic carbocycles. The molecule has 1 aromatic heterocycles. The van der Waals surface area contributed by atoms with Gasteiger partial charge in [-0.1, -0.05) is 6.92 Å². The number of aromatic amines is 1. The van der Waals surface area contributed by atoms with Crippen molar-refractivity contribution in [2.45, 2.75) is 45.4 Å². The van der Waals surface area contributed by atoms with Crippen LogP contribution in [0.1, 0.15) is 48.4 Å². The summed E-state index contributed by atoms with van der Waals surface area (Å²) < 4.78 is 32.8. The molecule has 0 radical (unpaired) electrons. The lowest BCUT2D eigenvalue weighted by Gasteiger charge is -2.31. The van der Waals surface area contributed by atoms with E-state index in [-0.39, 0.29) is 29.5 Å². The van der Waals surface area contributed by atoms with Crippen molar-refractivity contribution in [3.63, 3.8) is 0 Å². The van der Waals surface area contributed by atoms with Crippen molar-refractivity contribution < 1.29 is 22.7 Å². The molecule has 1 amide bonds. The van der Waals surface area contributed by atoms with E-state index < -0.39 is 16.0 Å². The molecule has 0 bridgehead atoms. The minimum Gasteiger partial charge on any atom is -0.462 e. The van der Waals surface area contributed by atoms with Crippen LogP contribution in [0.4, 0.5) is 0 Å². The van der Waals surface area contributed by atoms with Gasteiger partial charge in [0.25, 0.3) is 0 Å². The van der Waals surface area contributed by atoms with Crippen LogP contribution in [-0.2, 0) is 19.6 Å². The highest BCUT2D eigenvalue weighted by Gasteiger charge is 2.31. The Morgan fingerprint density at radius 1 is 1.31 bits per heavy atom. The number of ether oxygens (including phenoxy) is 1. The summed E-state index contributed by atoms with van der Waals surface area (Å²) in [4.78, 5) is 28.9. The first-order valence-corrected chi connectivity index (χ1v) is 10.3. The number of carbonyl (C=O) groups is 2. The van der Waals surface area contributed by atoms with Crippen molar-refractivity contribution in [2.75, 3.05) is 26.2 Å². The van der Waals surface area contributed by atoms with Crippen LogP contribution in [0.2, 0.25) is 0 Å². The van der Waals surface area contributed by atoms with E-state index in [0.717, 1.165) is 12.8 Å². The van der Waals surface area contributed by atoms with Crippen LogP contribution >= 0.6 is 0 Å². The number of nitrogens with zero attached hydrogens (tertiary/aromatic N) is 1. The molecule has 1 fully saturated rings. The lowest BCUT2D eigenvalue weighted by molar-refractivity contribution is -0.131. The van der Waals surface area contributed by atoms with Gasteiger partial charge in [0.05, 0.1) is 13.2 Å². The Morgan fingerprint density at radius 3 is 2.62 bits per heavy atom. The van der Waals surface area contributed by atoms with Crippen LogP contribution in [0, 0.1) is 19.8 Å². The van der Waals surface area contributed by atoms with Gasteiger partial charge in [-0.05, 0) is 39.5 Å². The normalized spacial score (nSPS) is 18.0. The Labute approximate surface area is 154 Å². The van der Waals surface area contributed by atoms with Gasteiger partial charge in [-0.25, -0.2) is 17.9 Å². The Balaban J connectivity index is 2.17. The van der Waals surface area contributed by atoms with Crippen LogP contribution in [0.25, 0.3) is 0 Å². The van der Waals surface area contributed by atoms with Crippen LogP contribution in [0.3, 0.4) is 0 Å². The number of aryl methyl sites for hydroxylation is 2. The molecule has 1 saturated heterocycles. The largest absolute Gasteiger partial charge is 0.462 e. The van der Waals surface area contributed by atoms with Crippen molar-refractivity contribution >= 4 is 21.9 Å². The van der Waals surface area contributed by atoms with Crippen molar-refractivity contribution in [2.24, 2.45) is 5.92 Å². The Kier molecular flexibility index (Phi) is 6.46. The number of sulfonamides is 1. The first-order valence-electron chi connectivity index (χ1n) is 8.81. The van der Waals surface area contributed by atoms with Crippen LogP contribution in [-0.4, -0.2) is 56.4 Å². The van der Waals surface area contributed by atoms with E-state index in [1.54, 1.807) is 25.7 Å². The van der Waals surface area contributed by atoms with Crippen LogP contribution in [0.15, 0.2) is 4.90 Å². The fraction of sp³-hybridized carbons (Fsp3) is 0.647. The van der Waals surface area contributed by atoms with E-state index in [0.29, 0.717) is 30.4 Å². The number of nitrogens with one attached hydrogen (secondary N) is 2. The molecule has 2 heterocycles. The Bertz CT molecular complexity index is 785. The highest BCUT2D eigenvalue weighted by Crippen LogP contribution is 2.24. The monoisotopic (exact) mass is 385 g/mol. The molecule has 0 aliphatic carbocycles. The number of amides is 1. The van der Waals surface area contributed by atoms with Gasteiger partial charge in [0.2, 0.25) is 15.9 Å². The van der Waals surface area contributed by atoms with Gasteiger partial charge in [-0.3, -0.25) is 4.79 Å². The molecular formula is C17H27N3O5S. The number of carbonyl (C=O) groups excluding carboxylic acids is 2. The van der Waals surface area contributed by atoms with Crippen molar-refractivity contribution in [3.8, 4) is 0 Å². The first-order chi connectivity index (χ1) is 12.2. The zero-order valence-corrected chi connectivity index (χ0v) is 16.5. The number of likely N-dealkylation sites (tertiary alicyclic amines) is 1. The SMILES string of the molecule is CCOC(=O)c1c(C)[nH]c(C)c1S(=O)(=O)NCC(=O)N1CCCC(C)C1. The summed E-state index contributed by atoms with van der Waals surface area (Å²) in [6.45, 7) is 7.98. The highest BCUT2D eigenvalue weighted by molar-refractivity contribution is 7.89. The van der Waals surface area contributed by atoms with E-state index in [4.69, 9.17) is 4.74 Å². The molecule has 1 unspecified atom stereocenters. The molecule has 0 saturated carbocycles. The number of hydrogen-bond donors (Lipinski definition) is 2. The molecule has 1 aliphatic heterocycles. The number of hydrogen-bond acceptors (Lipinski definition) is 5. The van der Waals surface area contributed by atoms with E-state index >= 15 is 0 Å². The minimum absolute atomic E-state index is 0.0177. The predicted molar refractivity (Wildman–Crippen MR) is 96.4 cm³/mol. The zero-order chi connectivity index (χ0) is 19.5. The summed E-state index contributed by atoms with van der Waals surface area (Å²) in [6.07, 6.45) is 1.99. The second-order valence-corrected chi connectivity index (χ2v) is 8.42. The number of piperidine rings is 1. The summed E-state index contributed by atoms with van der Waals surface area (Å²) in [6, 6.07) is 0. The van der Waals surface area contributed by atoms with Crippen molar-refractivity contribution in [1.82, 2.24) is 14.6 Å². The number of esters is 1. The average Bonchev–Trinajstić information content (AvgIpc) is 2.88. The molecule has 1 atom stereocenters. The van der Waals surface area contributed by atoms with Gasteiger partial charge in [-0.15, -0.1) is 0 Å². The van der Waals surface area contributed by atoms with Gasteiger partial charge in [0.1, 0.15) is 10.5 Å². The molecule has 9 heteroatoms. The topological polar surface area (TPSA) is 109 Å². The van der Waals surface area contributed by atoms with Crippen LogP contribution < -0.4 is 4.72 Å². The standard InChI is InChI=1S/C17H27N3O5S/c1-5-25-17(22)15-12(3)19-13(4)16(15)26(23,24)18-9-14(21)20-8-6-7-11(2)10-20/h11,18-19H,5-10H2,1-4H3. The quantitative estimate of drug-likeness (QED) is 0.719. The second-order valence-electron chi connectivity index (χ2n) is 6.71. The summed E-state index contributed by atoms with van der Waals surface area (Å²) in [5, 5.41) is 0. The van der Waals surface area contributed by atoms with Gasteiger partial charge in [0, 0.05) is 24.5 Å². The molecule has 2 rings (SSSR count).